The monoisotopic (exact) mass is 193 g/mol. The molecule has 1 amide bonds. The molecule has 1 atom stereocenters. The van der Waals surface area contributed by atoms with E-state index in [4.69, 9.17) is 5.73 Å². The van der Waals surface area contributed by atoms with Gasteiger partial charge in [-0.05, 0) is 25.0 Å². The molecular weight excluding hydrogens is 178 g/mol. The largest absolute Gasteiger partial charge is 0.320 e. The lowest BCUT2D eigenvalue weighted by molar-refractivity contribution is -0.117. The molecule has 14 heavy (non-hydrogen) atoms. The van der Waals surface area contributed by atoms with Crippen LogP contribution in [0.1, 0.15) is 19.4 Å². The summed E-state index contributed by atoms with van der Waals surface area (Å²) in [6.45, 7) is 3.69. The van der Waals surface area contributed by atoms with Crippen molar-refractivity contribution in [2.24, 2.45) is 5.73 Å². The highest BCUT2D eigenvalue weighted by atomic mass is 16.2. The molecule has 0 aliphatic heterocycles. The van der Waals surface area contributed by atoms with Crippen molar-refractivity contribution in [1.29, 1.82) is 0 Å². The summed E-state index contributed by atoms with van der Waals surface area (Å²) in [5.41, 5.74) is 6.54. The lowest BCUT2D eigenvalue weighted by Gasteiger charge is -2.06. The molecule has 0 aliphatic carbocycles. The highest BCUT2D eigenvalue weighted by molar-refractivity contribution is 5.93. The Bertz CT molecular complexity index is 306. The van der Waals surface area contributed by atoms with E-state index in [1.165, 1.54) is 0 Å². The minimum Gasteiger partial charge on any atom is -0.320 e. The topological polar surface area (TPSA) is 68.0 Å². The number of nitrogens with zero attached hydrogens (tertiary/aromatic N) is 1. The molecule has 4 nitrogen and oxygen atoms in total. The third-order valence-electron chi connectivity index (χ3n) is 1.90. The zero-order chi connectivity index (χ0) is 10.6. The number of pyridine rings is 1. The fourth-order valence-corrected chi connectivity index (χ4v) is 0.948. The average molecular weight is 193 g/mol. The second kappa shape index (κ2) is 4.72. The number of hydrogen-bond donors (Lipinski definition) is 2. The van der Waals surface area contributed by atoms with Crippen LogP contribution in [0.15, 0.2) is 18.3 Å². The Kier molecular flexibility index (Phi) is 3.59. The molecule has 0 saturated heterocycles. The van der Waals surface area contributed by atoms with Gasteiger partial charge in [0, 0.05) is 6.20 Å². The zero-order valence-corrected chi connectivity index (χ0v) is 8.45. The Labute approximate surface area is 83.5 Å². The fraction of sp³-hybridized carbons (Fsp3) is 0.400. The van der Waals surface area contributed by atoms with Crippen LogP contribution in [0.5, 0.6) is 0 Å². The van der Waals surface area contributed by atoms with Crippen LogP contribution in [0.2, 0.25) is 0 Å². The number of amides is 1. The number of aromatic nitrogens is 1. The number of carbonyl (C=O) groups is 1. The van der Waals surface area contributed by atoms with Gasteiger partial charge in [0.2, 0.25) is 5.91 Å². The predicted molar refractivity (Wildman–Crippen MR) is 55.9 cm³/mol. The number of anilines is 1. The van der Waals surface area contributed by atoms with Gasteiger partial charge in [0.25, 0.3) is 0 Å². The van der Waals surface area contributed by atoms with Crippen LogP contribution >= 0.6 is 0 Å². The predicted octanol–water partition coefficient (Wildman–Crippen LogP) is 0.930. The van der Waals surface area contributed by atoms with Crippen LogP contribution < -0.4 is 11.1 Å². The van der Waals surface area contributed by atoms with Crippen molar-refractivity contribution in [3.63, 3.8) is 0 Å². The van der Waals surface area contributed by atoms with Crippen molar-refractivity contribution in [3.8, 4) is 0 Å². The smallest absolute Gasteiger partial charge is 0.242 e. The van der Waals surface area contributed by atoms with Crippen LogP contribution in [0.3, 0.4) is 0 Å². The molecule has 3 N–H and O–H groups in total. The maximum absolute atomic E-state index is 11.2. The maximum atomic E-state index is 11.2. The number of hydrogen-bond acceptors (Lipinski definition) is 3. The first-order chi connectivity index (χ1) is 6.63. The van der Waals surface area contributed by atoms with Crippen LogP contribution in [-0.4, -0.2) is 16.9 Å². The van der Waals surface area contributed by atoms with Crippen LogP contribution in [-0.2, 0) is 11.2 Å². The maximum Gasteiger partial charge on any atom is 0.242 e. The highest BCUT2D eigenvalue weighted by Gasteiger charge is 2.07. The molecule has 0 aliphatic rings. The molecule has 4 heteroatoms. The summed E-state index contributed by atoms with van der Waals surface area (Å²) in [4.78, 5) is 15.3. The minimum atomic E-state index is -0.511. The Balaban J connectivity index is 2.64. The first-order valence-electron chi connectivity index (χ1n) is 4.65. The normalized spacial score (nSPS) is 12.2. The van der Waals surface area contributed by atoms with Gasteiger partial charge in [0.1, 0.15) is 5.82 Å². The Morgan fingerprint density at radius 1 is 1.64 bits per heavy atom. The second-order valence-corrected chi connectivity index (χ2v) is 3.18. The van der Waals surface area contributed by atoms with E-state index < -0.39 is 6.04 Å². The number of aryl methyl sites for hydroxylation is 1. The standard InChI is InChI=1S/C10H15N3O/c1-3-8-4-5-9(12-6-8)13-10(14)7(2)11/h4-7H,3,11H2,1-2H3,(H,12,13,14). The van der Waals surface area contributed by atoms with Crippen molar-refractivity contribution in [2.45, 2.75) is 26.3 Å². The van der Waals surface area contributed by atoms with Crippen LogP contribution in [0, 0.1) is 0 Å². The van der Waals surface area contributed by atoms with Crippen molar-refractivity contribution in [2.75, 3.05) is 5.32 Å². The lowest BCUT2D eigenvalue weighted by atomic mass is 10.2. The van der Waals surface area contributed by atoms with E-state index in [2.05, 4.69) is 17.2 Å². The van der Waals surface area contributed by atoms with Crippen molar-refractivity contribution in [3.05, 3.63) is 23.9 Å². The van der Waals surface area contributed by atoms with Crippen molar-refractivity contribution in [1.82, 2.24) is 4.98 Å². The molecule has 1 aromatic rings. The van der Waals surface area contributed by atoms with E-state index in [0.717, 1.165) is 12.0 Å². The summed E-state index contributed by atoms with van der Waals surface area (Å²) < 4.78 is 0. The molecule has 0 bridgehead atoms. The number of nitrogens with one attached hydrogen (secondary N) is 1. The minimum absolute atomic E-state index is 0.221. The SMILES string of the molecule is CCc1ccc(NC(=O)C(C)N)nc1. The zero-order valence-electron chi connectivity index (χ0n) is 8.45. The van der Waals surface area contributed by atoms with E-state index in [9.17, 15) is 4.79 Å². The molecule has 1 heterocycles. The highest BCUT2D eigenvalue weighted by Crippen LogP contribution is 2.05. The summed E-state index contributed by atoms with van der Waals surface area (Å²) in [6, 6.07) is 3.20. The first-order valence-corrected chi connectivity index (χ1v) is 4.65. The summed E-state index contributed by atoms with van der Waals surface area (Å²) in [6.07, 6.45) is 2.69. The molecule has 0 fully saturated rings. The molecule has 1 rings (SSSR count). The molecule has 0 spiro atoms. The molecule has 76 valence electrons. The molecular formula is C10H15N3O. The number of nitrogens with two attached hydrogens (primary N) is 1. The lowest BCUT2D eigenvalue weighted by Crippen LogP contribution is -2.32. The van der Waals surface area contributed by atoms with Gasteiger partial charge in [-0.1, -0.05) is 13.0 Å². The summed E-state index contributed by atoms with van der Waals surface area (Å²) in [5.74, 6) is 0.325. The number of carbonyl (C=O) groups excluding carboxylic acids is 1. The van der Waals surface area contributed by atoms with Gasteiger partial charge in [0.15, 0.2) is 0 Å². The summed E-state index contributed by atoms with van der Waals surface area (Å²) >= 11 is 0. The van der Waals surface area contributed by atoms with E-state index in [1.54, 1.807) is 19.2 Å². The molecule has 1 aromatic heterocycles. The summed E-state index contributed by atoms with van der Waals surface area (Å²) in [5, 5.41) is 2.62. The van der Waals surface area contributed by atoms with Gasteiger partial charge in [0.05, 0.1) is 6.04 Å². The third kappa shape index (κ3) is 2.81. The van der Waals surface area contributed by atoms with Crippen molar-refractivity contribution < 1.29 is 4.79 Å². The van der Waals surface area contributed by atoms with Gasteiger partial charge in [-0.25, -0.2) is 4.98 Å². The van der Waals surface area contributed by atoms with Gasteiger partial charge in [-0.2, -0.15) is 0 Å². The van der Waals surface area contributed by atoms with Gasteiger partial charge < -0.3 is 11.1 Å². The summed E-state index contributed by atoms with van der Waals surface area (Å²) in [7, 11) is 0. The van der Waals surface area contributed by atoms with E-state index >= 15 is 0 Å². The van der Waals surface area contributed by atoms with Gasteiger partial charge in [-0.15, -0.1) is 0 Å². The number of rotatable bonds is 3. The van der Waals surface area contributed by atoms with Crippen LogP contribution in [0.4, 0.5) is 5.82 Å². The van der Waals surface area contributed by atoms with Gasteiger partial charge in [-0.3, -0.25) is 4.79 Å². The van der Waals surface area contributed by atoms with E-state index in [-0.39, 0.29) is 5.91 Å². The van der Waals surface area contributed by atoms with E-state index in [0.29, 0.717) is 5.82 Å². The quantitative estimate of drug-likeness (QED) is 0.750. The van der Waals surface area contributed by atoms with Crippen LogP contribution in [0.25, 0.3) is 0 Å². The van der Waals surface area contributed by atoms with Gasteiger partial charge >= 0.3 is 0 Å². The Hall–Kier alpha value is -1.42. The average Bonchev–Trinajstić information content (AvgIpc) is 2.19. The third-order valence-corrected chi connectivity index (χ3v) is 1.90. The van der Waals surface area contributed by atoms with Crippen molar-refractivity contribution >= 4 is 11.7 Å². The second-order valence-electron chi connectivity index (χ2n) is 3.18. The fourth-order valence-electron chi connectivity index (χ4n) is 0.948. The van der Waals surface area contributed by atoms with E-state index in [1.807, 2.05) is 6.07 Å². The molecule has 0 saturated carbocycles. The first kappa shape index (κ1) is 10.7. The molecule has 0 radical (unpaired) electrons. The Morgan fingerprint density at radius 2 is 2.36 bits per heavy atom. The molecule has 1 unspecified atom stereocenters. The molecule has 0 aromatic carbocycles. The Morgan fingerprint density at radius 3 is 2.79 bits per heavy atom.